The van der Waals surface area contributed by atoms with Gasteiger partial charge in [-0.25, -0.2) is 4.98 Å². The Labute approximate surface area is 179 Å². The summed E-state index contributed by atoms with van der Waals surface area (Å²) < 4.78 is 6.18. The predicted octanol–water partition coefficient (Wildman–Crippen LogP) is 5.51. The van der Waals surface area contributed by atoms with Crippen LogP contribution in [0.5, 0.6) is 5.75 Å². The minimum atomic E-state index is -0.376. The SMILES string of the molecule is COc1ccc(-c2nc3c(C)c(C(O)=C4C(=O)CC(C)(C)CC4=O)ccc3s2)cc1. The summed E-state index contributed by atoms with van der Waals surface area (Å²) in [6, 6.07) is 11.3. The van der Waals surface area contributed by atoms with Crippen LogP contribution in [-0.4, -0.2) is 28.8 Å². The molecule has 4 rings (SSSR count). The van der Waals surface area contributed by atoms with Gasteiger partial charge in [0, 0.05) is 24.0 Å². The molecule has 1 aliphatic rings. The van der Waals surface area contributed by atoms with Crippen molar-refractivity contribution in [1.82, 2.24) is 4.98 Å². The van der Waals surface area contributed by atoms with Gasteiger partial charge in [-0.1, -0.05) is 13.8 Å². The fourth-order valence-electron chi connectivity index (χ4n) is 3.90. The first kappa shape index (κ1) is 20.3. The van der Waals surface area contributed by atoms with Gasteiger partial charge in [0.05, 0.1) is 17.3 Å². The molecule has 1 aromatic heterocycles. The van der Waals surface area contributed by atoms with Crippen molar-refractivity contribution in [2.75, 3.05) is 7.11 Å². The lowest BCUT2D eigenvalue weighted by Crippen LogP contribution is -2.32. The van der Waals surface area contributed by atoms with E-state index >= 15 is 0 Å². The normalized spacial score (nSPS) is 16.2. The number of thiazole rings is 1. The number of ketones is 2. The first-order valence-electron chi connectivity index (χ1n) is 9.75. The van der Waals surface area contributed by atoms with Crippen molar-refractivity contribution in [3.05, 3.63) is 53.1 Å². The van der Waals surface area contributed by atoms with Crippen LogP contribution >= 0.6 is 11.3 Å². The number of allylic oxidation sites excluding steroid dienone is 1. The Balaban J connectivity index is 1.78. The fraction of sp³-hybridized carbons (Fsp3) is 0.292. The maximum atomic E-state index is 12.6. The highest BCUT2D eigenvalue weighted by molar-refractivity contribution is 7.21. The molecule has 0 unspecified atom stereocenters. The number of hydrogen-bond donors (Lipinski definition) is 1. The summed E-state index contributed by atoms with van der Waals surface area (Å²) in [5, 5.41) is 11.7. The van der Waals surface area contributed by atoms with E-state index in [9.17, 15) is 14.7 Å². The van der Waals surface area contributed by atoms with Crippen molar-refractivity contribution in [2.24, 2.45) is 5.41 Å². The lowest BCUT2D eigenvalue weighted by Gasteiger charge is -2.29. The Hall–Kier alpha value is -2.99. The number of fused-ring (bicyclic) bond motifs is 1. The van der Waals surface area contributed by atoms with Gasteiger partial charge in [-0.3, -0.25) is 9.59 Å². The Morgan fingerprint density at radius 2 is 1.70 bits per heavy atom. The van der Waals surface area contributed by atoms with Crippen LogP contribution in [0.3, 0.4) is 0 Å². The van der Waals surface area contributed by atoms with Crippen molar-refractivity contribution in [1.29, 1.82) is 0 Å². The lowest BCUT2D eigenvalue weighted by molar-refractivity contribution is -0.127. The monoisotopic (exact) mass is 421 g/mol. The van der Waals surface area contributed by atoms with Crippen molar-refractivity contribution in [2.45, 2.75) is 33.6 Å². The second-order valence-corrected chi connectivity index (χ2v) is 9.45. The van der Waals surface area contributed by atoms with Crippen LogP contribution in [0.25, 0.3) is 26.5 Å². The van der Waals surface area contributed by atoms with Crippen molar-refractivity contribution < 1.29 is 19.4 Å². The number of methoxy groups -OCH3 is 1. The van der Waals surface area contributed by atoms with Gasteiger partial charge in [0.1, 0.15) is 22.1 Å². The van der Waals surface area contributed by atoms with Crippen LogP contribution < -0.4 is 4.74 Å². The highest BCUT2D eigenvalue weighted by Gasteiger charge is 2.38. The minimum absolute atomic E-state index is 0.0811. The molecule has 30 heavy (non-hydrogen) atoms. The van der Waals surface area contributed by atoms with E-state index in [1.165, 1.54) is 0 Å². The number of ether oxygens (including phenoxy) is 1. The number of aliphatic hydroxyl groups excluding tert-OH is 1. The van der Waals surface area contributed by atoms with Crippen LogP contribution in [0, 0.1) is 12.3 Å². The molecule has 1 aliphatic carbocycles. The molecule has 0 aliphatic heterocycles. The average molecular weight is 422 g/mol. The lowest BCUT2D eigenvalue weighted by atomic mass is 9.73. The Morgan fingerprint density at radius 3 is 2.30 bits per heavy atom. The number of benzene rings is 2. The zero-order valence-electron chi connectivity index (χ0n) is 17.4. The van der Waals surface area contributed by atoms with E-state index in [1.54, 1.807) is 24.5 Å². The summed E-state index contributed by atoms with van der Waals surface area (Å²) in [5.74, 6) is -0.0605. The second-order valence-electron chi connectivity index (χ2n) is 8.42. The third-order valence-corrected chi connectivity index (χ3v) is 6.55. The molecule has 2 aromatic carbocycles. The van der Waals surface area contributed by atoms with Crippen LogP contribution in [0.2, 0.25) is 0 Å². The molecule has 5 nitrogen and oxygen atoms in total. The van der Waals surface area contributed by atoms with E-state index in [4.69, 9.17) is 9.72 Å². The summed E-state index contributed by atoms with van der Waals surface area (Å²) in [5.41, 5.74) is 2.50. The standard InChI is InChI=1S/C24H23NO4S/c1-13-16(22(28)20-17(26)11-24(2,3)12-18(20)27)9-10-19-21(13)25-23(30-19)14-5-7-15(29-4)8-6-14/h5-10,28H,11-12H2,1-4H3. The van der Waals surface area contributed by atoms with Gasteiger partial charge in [0.15, 0.2) is 11.6 Å². The highest BCUT2D eigenvalue weighted by atomic mass is 32.1. The summed E-state index contributed by atoms with van der Waals surface area (Å²) in [6.45, 7) is 5.64. The maximum absolute atomic E-state index is 12.6. The average Bonchev–Trinajstić information content (AvgIpc) is 3.12. The van der Waals surface area contributed by atoms with Gasteiger partial charge in [0.2, 0.25) is 0 Å². The third-order valence-electron chi connectivity index (χ3n) is 5.48. The smallest absolute Gasteiger partial charge is 0.170 e. The van der Waals surface area contributed by atoms with Crippen LogP contribution in [0.4, 0.5) is 0 Å². The van der Waals surface area contributed by atoms with Crippen LogP contribution in [0.1, 0.15) is 37.8 Å². The number of aryl methyl sites for hydroxylation is 1. The number of aliphatic hydroxyl groups is 1. The zero-order valence-corrected chi connectivity index (χ0v) is 18.2. The number of hydrogen-bond acceptors (Lipinski definition) is 6. The molecule has 0 spiro atoms. The second kappa shape index (κ2) is 7.36. The minimum Gasteiger partial charge on any atom is -0.506 e. The van der Waals surface area contributed by atoms with E-state index in [-0.39, 0.29) is 41.2 Å². The van der Waals surface area contributed by atoms with E-state index < -0.39 is 0 Å². The fourth-order valence-corrected chi connectivity index (χ4v) is 4.93. The van der Waals surface area contributed by atoms with Gasteiger partial charge in [0.25, 0.3) is 0 Å². The quantitative estimate of drug-likeness (QED) is 0.343. The summed E-state index contributed by atoms with van der Waals surface area (Å²) in [7, 11) is 1.63. The molecule has 154 valence electrons. The largest absolute Gasteiger partial charge is 0.506 e. The van der Waals surface area contributed by atoms with Crippen LogP contribution in [0.15, 0.2) is 42.0 Å². The molecule has 1 heterocycles. The molecular weight excluding hydrogens is 398 g/mol. The van der Waals surface area contributed by atoms with E-state index in [2.05, 4.69) is 0 Å². The van der Waals surface area contributed by atoms with Crippen molar-refractivity contribution in [3.63, 3.8) is 0 Å². The van der Waals surface area contributed by atoms with Gasteiger partial charge < -0.3 is 9.84 Å². The molecule has 0 bridgehead atoms. The van der Waals surface area contributed by atoms with Crippen molar-refractivity contribution >= 4 is 38.9 Å². The van der Waals surface area contributed by atoms with Gasteiger partial charge in [-0.15, -0.1) is 11.3 Å². The molecule has 3 aromatic rings. The molecule has 0 atom stereocenters. The third kappa shape index (κ3) is 3.52. The summed E-state index contributed by atoms with van der Waals surface area (Å²) >= 11 is 1.55. The number of carbonyl (C=O) groups excluding carboxylic acids is 2. The number of carbonyl (C=O) groups is 2. The number of rotatable bonds is 3. The first-order valence-corrected chi connectivity index (χ1v) is 10.6. The van der Waals surface area contributed by atoms with E-state index in [0.29, 0.717) is 5.56 Å². The van der Waals surface area contributed by atoms with E-state index in [0.717, 1.165) is 32.1 Å². The van der Waals surface area contributed by atoms with E-state index in [1.807, 2.05) is 51.1 Å². The van der Waals surface area contributed by atoms with Crippen LogP contribution in [-0.2, 0) is 9.59 Å². The Kier molecular flexibility index (Phi) is 4.98. The van der Waals surface area contributed by atoms with Gasteiger partial charge >= 0.3 is 0 Å². The number of nitrogens with zero attached hydrogens (tertiary/aromatic N) is 1. The highest BCUT2D eigenvalue weighted by Crippen LogP contribution is 2.38. The Bertz CT molecular complexity index is 1180. The summed E-state index contributed by atoms with van der Waals surface area (Å²) in [4.78, 5) is 29.9. The number of Topliss-reactive ketones (excluding diaryl/α,β-unsaturated/α-hetero) is 2. The summed E-state index contributed by atoms with van der Waals surface area (Å²) in [6.07, 6.45) is 0.496. The molecule has 6 heteroatoms. The van der Waals surface area contributed by atoms with Gasteiger partial charge in [-0.2, -0.15) is 0 Å². The molecule has 0 saturated heterocycles. The first-order chi connectivity index (χ1) is 14.2. The predicted molar refractivity (Wildman–Crippen MR) is 119 cm³/mol. The maximum Gasteiger partial charge on any atom is 0.170 e. The molecule has 1 fully saturated rings. The van der Waals surface area contributed by atoms with Crippen molar-refractivity contribution in [3.8, 4) is 16.3 Å². The zero-order chi connectivity index (χ0) is 21.6. The molecular formula is C24H23NO4S. The molecule has 0 amide bonds. The molecule has 1 saturated carbocycles. The van der Waals surface area contributed by atoms with Gasteiger partial charge in [-0.05, 0) is 54.3 Å². The molecule has 1 N–H and O–H groups in total. The topological polar surface area (TPSA) is 76.5 Å². The Morgan fingerprint density at radius 1 is 1.07 bits per heavy atom. The number of aromatic nitrogens is 1. The molecule has 0 radical (unpaired) electrons.